The van der Waals surface area contributed by atoms with Crippen LogP contribution in [0.3, 0.4) is 0 Å². The van der Waals surface area contributed by atoms with Gasteiger partial charge in [-0.3, -0.25) is 4.79 Å². The van der Waals surface area contributed by atoms with Crippen molar-refractivity contribution in [3.8, 4) is 5.69 Å². The highest BCUT2D eigenvalue weighted by atomic mass is 19.1. The number of hydrogen-bond acceptors (Lipinski definition) is 3. The van der Waals surface area contributed by atoms with Gasteiger partial charge in [-0.1, -0.05) is 16.9 Å². The third kappa shape index (κ3) is 2.77. The highest BCUT2D eigenvalue weighted by Crippen LogP contribution is 2.16. The normalized spacial score (nSPS) is 14.9. The van der Waals surface area contributed by atoms with Crippen LogP contribution in [0.15, 0.2) is 36.0 Å². The molecular weight excluding hydrogens is 283 g/mol. The molecule has 0 bridgehead atoms. The van der Waals surface area contributed by atoms with Crippen molar-refractivity contribution in [1.29, 1.82) is 0 Å². The number of carbonyl (C=O) groups is 1. The summed E-state index contributed by atoms with van der Waals surface area (Å²) in [4.78, 5) is 14.2. The fraction of sp³-hybridized carbons (Fsp3) is 0.312. The zero-order valence-electron chi connectivity index (χ0n) is 12.6. The Morgan fingerprint density at radius 1 is 1.32 bits per heavy atom. The molecule has 2 heterocycles. The Bertz CT molecular complexity index is 750. The predicted molar refractivity (Wildman–Crippen MR) is 80.3 cm³/mol. The van der Waals surface area contributed by atoms with Gasteiger partial charge < -0.3 is 4.90 Å². The van der Waals surface area contributed by atoms with Crippen LogP contribution in [-0.4, -0.2) is 38.9 Å². The fourth-order valence-corrected chi connectivity index (χ4v) is 2.47. The molecule has 1 aliphatic heterocycles. The Labute approximate surface area is 128 Å². The molecule has 1 amide bonds. The van der Waals surface area contributed by atoms with Gasteiger partial charge in [-0.15, -0.1) is 5.10 Å². The summed E-state index contributed by atoms with van der Waals surface area (Å²) < 4.78 is 14.7. The summed E-state index contributed by atoms with van der Waals surface area (Å²) >= 11 is 0. The molecular formula is C16H17FN4O. The minimum atomic E-state index is -0.298. The standard InChI is InChI=1S/C16H17FN4O/c1-11-5-7-20(8-6-11)16(22)14-10-21(19-18-14)15-4-3-13(17)9-12(15)2/h3-5,9-10H,6-8H2,1-2H3. The van der Waals surface area contributed by atoms with Gasteiger partial charge in [0.25, 0.3) is 5.91 Å². The molecule has 0 N–H and O–H groups in total. The SMILES string of the molecule is CC1=CCN(C(=O)c2cn(-c3ccc(F)cc3C)nn2)CC1. The molecule has 1 aromatic heterocycles. The lowest BCUT2D eigenvalue weighted by atomic mass is 10.1. The summed E-state index contributed by atoms with van der Waals surface area (Å²) in [5, 5.41) is 7.95. The summed E-state index contributed by atoms with van der Waals surface area (Å²) in [6.07, 6.45) is 4.53. The second-order valence-electron chi connectivity index (χ2n) is 5.53. The van der Waals surface area contributed by atoms with E-state index in [1.54, 1.807) is 24.1 Å². The Morgan fingerprint density at radius 2 is 2.14 bits per heavy atom. The Kier molecular flexibility index (Phi) is 3.75. The van der Waals surface area contributed by atoms with E-state index in [0.717, 1.165) is 12.0 Å². The van der Waals surface area contributed by atoms with E-state index in [9.17, 15) is 9.18 Å². The lowest BCUT2D eigenvalue weighted by Gasteiger charge is -2.24. The molecule has 0 spiro atoms. The van der Waals surface area contributed by atoms with Crippen LogP contribution in [0.2, 0.25) is 0 Å². The van der Waals surface area contributed by atoms with Crippen molar-refractivity contribution in [2.24, 2.45) is 0 Å². The summed E-state index contributed by atoms with van der Waals surface area (Å²) in [6, 6.07) is 4.42. The first-order chi connectivity index (χ1) is 10.5. The van der Waals surface area contributed by atoms with Crippen molar-refractivity contribution < 1.29 is 9.18 Å². The number of rotatable bonds is 2. The van der Waals surface area contributed by atoms with Gasteiger partial charge in [-0.25, -0.2) is 9.07 Å². The van der Waals surface area contributed by atoms with Crippen LogP contribution in [0, 0.1) is 12.7 Å². The van der Waals surface area contributed by atoms with Crippen LogP contribution in [0.25, 0.3) is 5.69 Å². The zero-order chi connectivity index (χ0) is 15.7. The summed E-state index contributed by atoms with van der Waals surface area (Å²) in [6.45, 7) is 5.16. The zero-order valence-corrected chi connectivity index (χ0v) is 12.6. The monoisotopic (exact) mass is 300 g/mol. The lowest BCUT2D eigenvalue weighted by Crippen LogP contribution is -2.34. The highest BCUT2D eigenvalue weighted by molar-refractivity contribution is 5.92. The molecule has 6 heteroatoms. The second-order valence-corrected chi connectivity index (χ2v) is 5.53. The maximum absolute atomic E-state index is 13.2. The summed E-state index contributed by atoms with van der Waals surface area (Å²) in [5.41, 5.74) is 3.05. The Morgan fingerprint density at radius 3 is 2.82 bits per heavy atom. The van der Waals surface area contributed by atoms with E-state index in [0.29, 0.717) is 24.5 Å². The maximum Gasteiger partial charge on any atom is 0.276 e. The van der Waals surface area contributed by atoms with Crippen LogP contribution in [0.5, 0.6) is 0 Å². The quantitative estimate of drug-likeness (QED) is 0.801. The number of hydrogen-bond donors (Lipinski definition) is 0. The van der Waals surface area contributed by atoms with E-state index in [1.165, 1.54) is 22.4 Å². The van der Waals surface area contributed by atoms with Crippen LogP contribution >= 0.6 is 0 Å². The minimum Gasteiger partial charge on any atom is -0.333 e. The van der Waals surface area contributed by atoms with E-state index < -0.39 is 0 Å². The van der Waals surface area contributed by atoms with Crippen molar-refractivity contribution in [2.75, 3.05) is 13.1 Å². The third-order valence-electron chi connectivity index (χ3n) is 3.84. The molecule has 0 saturated heterocycles. The Balaban J connectivity index is 1.83. The first-order valence-corrected chi connectivity index (χ1v) is 7.18. The number of halogens is 1. The summed E-state index contributed by atoms with van der Waals surface area (Å²) in [5.74, 6) is -0.428. The van der Waals surface area contributed by atoms with Gasteiger partial charge in [0.15, 0.2) is 5.69 Å². The molecule has 0 saturated carbocycles. The Hall–Kier alpha value is -2.50. The van der Waals surface area contributed by atoms with E-state index in [4.69, 9.17) is 0 Å². The topological polar surface area (TPSA) is 51.0 Å². The van der Waals surface area contributed by atoms with Gasteiger partial charge in [-0.2, -0.15) is 0 Å². The molecule has 1 aliphatic rings. The van der Waals surface area contributed by atoms with Crippen LogP contribution in [-0.2, 0) is 0 Å². The van der Waals surface area contributed by atoms with E-state index in [-0.39, 0.29) is 11.7 Å². The van der Waals surface area contributed by atoms with Gasteiger partial charge in [0.2, 0.25) is 0 Å². The minimum absolute atomic E-state index is 0.130. The molecule has 114 valence electrons. The van der Waals surface area contributed by atoms with Gasteiger partial charge in [0.05, 0.1) is 11.9 Å². The van der Waals surface area contributed by atoms with Gasteiger partial charge >= 0.3 is 0 Å². The molecule has 0 unspecified atom stereocenters. The maximum atomic E-state index is 13.2. The van der Waals surface area contributed by atoms with E-state index in [1.807, 2.05) is 0 Å². The molecule has 22 heavy (non-hydrogen) atoms. The number of carbonyl (C=O) groups excluding carboxylic acids is 1. The van der Waals surface area contributed by atoms with Crippen LogP contribution in [0.4, 0.5) is 4.39 Å². The predicted octanol–water partition coefficient (Wildman–Crippen LogP) is 2.51. The number of nitrogens with zero attached hydrogens (tertiary/aromatic N) is 4. The number of benzene rings is 1. The number of aryl methyl sites for hydroxylation is 1. The van der Waals surface area contributed by atoms with Crippen molar-refractivity contribution in [3.05, 3.63) is 53.1 Å². The molecule has 5 nitrogen and oxygen atoms in total. The largest absolute Gasteiger partial charge is 0.333 e. The molecule has 0 radical (unpaired) electrons. The third-order valence-corrected chi connectivity index (χ3v) is 3.84. The van der Waals surface area contributed by atoms with Crippen molar-refractivity contribution in [3.63, 3.8) is 0 Å². The van der Waals surface area contributed by atoms with Crippen molar-refractivity contribution in [1.82, 2.24) is 19.9 Å². The molecule has 0 aliphatic carbocycles. The van der Waals surface area contributed by atoms with Crippen LogP contribution in [0.1, 0.15) is 29.4 Å². The lowest BCUT2D eigenvalue weighted by molar-refractivity contribution is 0.0763. The molecule has 3 rings (SSSR count). The average Bonchev–Trinajstić information content (AvgIpc) is 2.97. The van der Waals surface area contributed by atoms with Crippen LogP contribution < -0.4 is 0 Å². The average molecular weight is 300 g/mol. The molecule has 0 fully saturated rings. The number of aromatic nitrogens is 3. The first-order valence-electron chi connectivity index (χ1n) is 7.18. The van der Waals surface area contributed by atoms with E-state index in [2.05, 4.69) is 23.3 Å². The van der Waals surface area contributed by atoms with Gasteiger partial charge in [0.1, 0.15) is 5.82 Å². The smallest absolute Gasteiger partial charge is 0.276 e. The second kappa shape index (κ2) is 5.71. The highest BCUT2D eigenvalue weighted by Gasteiger charge is 2.20. The van der Waals surface area contributed by atoms with Gasteiger partial charge in [0, 0.05) is 13.1 Å². The van der Waals surface area contributed by atoms with E-state index >= 15 is 0 Å². The first kappa shape index (κ1) is 14.4. The fourth-order valence-electron chi connectivity index (χ4n) is 2.47. The molecule has 0 atom stereocenters. The molecule has 1 aromatic carbocycles. The molecule has 2 aromatic rings. The van der Waals surface area contributed by atoms with Crippen molar-refractivity contribution >= 4 is 5.91 Å². The van der Waals surface area contributed by atoms with Gasteiger partial charge in [-0.05, 0) is 44.0 Å². The summed E-state index contributed by atoms with van der Waals surface area (Å²) in [7, 11) is 0. The number of amides is 1. The van der Waals surface area contributed by atoms with Crippen molar-refractivity contribution in [2.45, 2.75) is 20.3 Å².